The van der Waals surface area contributed by atoms with Gasteiger partial charge in [0.25, 0.3) is 0 Å². The molecule has 3 aromatic heterocycles. The van der Waals surface area contributed by atoms with Crippen LogP contribution in [0.4, 0.5) is 17.1 Å². The summed E-state index contributed by atoms with van der Waals surface area (Å²) in [5.74, 6) is 0. The molecule has 0 unspecified atom stereocenters. The standard InChI is InChI=1S/C25H17NO3/c1-16-10-11-25-19(12-16)22(15-29-25)26(20-13-27-23-8-4-2-6-17(20)23)21-14-28-24-9-5-3-7-18(21)24/h2-15H,1H3. The van der Waals surface area contributed by atoms with E-state index in [2.05, 4.69) is 36.1 Å². The topological polar surface area (TPSA) is 42.7 Å². The van der Waals surface area contributed by atoms with E-state index < -0.39 is 0 Å². The maximum atomic E-state index is 5.90. The molecule has 0 bridgehead atoms. The van der Waals surface area contributed by atoms with Gasteiger partial charge in [-0.15, -0.1) is 0 Å². The number of rotatable bonds is 3. The van der Waals surface area contributed by atoms with Gasteiger partial charge in [0.05, 0.1) is 17.1 Å². The van der Waals surface area contributed by atoms with Crippen LogP contribution in [0.3, 0.4) is 0 Å². The molecule has 0 fully saturated rings. The molecule has 0 aliphatic rings. The summed E-state index contributed by atoms with van der Waals surface area (Å²) in [5.41, 5.74) is 6.52. The minimum Gasteiger partial charge on any atom is -0.462 e. The first kappa shape index (κ1) is 16.1. The van der Waals surface area contributed by atoms with Crippen molar-refractivity contribution >= 4 is 50.0 Å². The lowest BCUT2D eigenvalue weighted by molar-refractivity contribution is 0.611. The molecule has 0 aliphatic heterocycles. The molecule has 0 aliphatic carbocycles. The lowest BCUT2D eigenvalue weighted by Crippen LogP contribution is -2.08. The molecule has 29 heavy (non-hydrogen) atoms. The molecule has 4 heteroatoms. The molecule has 0 spiro atoms. The smallest absolute Gasteiger partial charge is 0.136 e. The van der Waals surface area contributed by atoms with Crippen molar-refractivity contribution in [3.05, 3.63) is 91.1 Å². The van der Waals surface area contributed by atoms with Crippen molar-refractivity contribution in [3.8, 4) is 0 Å². The van der Waals surface area contributed by atoms with Crippen molar-refractivity contribution in [2.24, 2.45) is 0 Å². The van der Waals surface area contributed by atoms with Gasteiger partial charge in [-0.05, 0) is 43.3 Å². The number of hydrogen-bond acceptors (Lipinski definition) is 4. The van der Waals surface area contributed by atoms with Crippen LogP contribution >= 0.6 is 0 Å². The summed E-state index contributed by atoms with van der Waals surface area (Å²) in [6.07, 6.45) is 5.38. The number of hydrogen-bond donors (Lipinski definition) is 0. The fraction of sp³-hybridized carbons (Fsp3) is 0.0400. The van der Waals surface area contributed by atoms with E-state index in [-0.39, 0.29) is 0 Å². The van der Waals surface area contributed by atoms with Gasteiger partial charge in [0.2, 0.25) is 0 Å². The highest BCUT2D eigenvalue weighted by molar-refractivity contribution is 6.07. The zero-order chi connectivity index (χ0) is 19.4. The average Bonchev–Trinajstić information content (AvgIpc) is 3.47. The predicted molar refractivity (Wildman–Crippen MR) is 115 cm³/mol. The molecule has 4 nitrogen and oxygen atoms in total. The van der Waals surface area contributed by atoms with Crippen LogP contribution in [-0.4, -0.2) is 0 Å². The molecule has 0 N–H and O–H groups in total. The Hall–Kier alpha value is -3.92. The van der Waals surface area contributed by atoms with E-state index in [4.69, 9.17) is 13.3 Å². The summed E-state index contributed by atoms with van der Waals surface area (Å²) in [4.78, 5) is 2.16. The Balaban J connectivity index is 1.70. The van der Waals surface area contributed by atoms with Crippen molar-refractivity contribution in [3.63, 3.8) is 0 Å². The van der Waals surface area contributed by atoms with Crippen LogP contribution in [0.2, 0.25) is 0 Å². The normalized spacial score (nSPS) is 11.6. The van der Waals surface area contributed by atoms with Gasteiger partial charge in [-0.25, -0.2) is 0 Å². The maximum Gasteiger partial charge on any atom is 0.136 e. The van der Waals surface area contributed by atoms with E-state index in [0.717, 1.165) is 50.0 Å². The predicted octanol–water partition coefficient (Wildman–Crippen LogP) is 7.70. The van der Waals surface area contributed by atoms with Gasteiger partial charge in [0.1, 0.15) is 35.5 Å². The Morgan fingerprint density at radius 2 is 1.03 bits per heavy atom. The van der Waals surface area contributed by atoms with Crippen molar-refractivity contribution in [1.82, 2.24) is 0 Å². The lowest BCUT2D eigenvalue weighted by Gasteiger charge is -2.21. The lowest BCUT2D eigenvalue weighted by atomic mass is 10.1. The quantitative estimate of drug-likeness (QED) is 0.316. The molecule has 3 aromatic carbocycles. The molecular formula is C25H17NO3. The Morgan fingerprint density at radius 1 is 0.552 bits per heavy atom. The van der Waals surface area contributed by atoms with Gasteiger partial charge in [0, 0.05) is 16.2 Å². The summed E-state index contributed by atoms with van der Waals surface area (Å²) < 4.78 is 17.6. The van der Waals surface area contributed by atoms with Crippen molar-refractivity contribution < 1.29 is 13.3 Å². The van der Waals surface area contributed by atoms with Crippen LogP contribution in [0.25, 0.3) is 32.9 Å². The Morgan fingerprint density at radius 3 is 1.62 bits per heavy atom. The molecular weight excluding hydrogens is 362 g/mol. The third-order valence-electron chi connectivity index (χ3n) is 5.35. The summed E-state index contributed by atoms with van der Waals surface area (Å²) in [7, 11) is 0. The monoisotopic (exact) mass is 379 g/mol. The first-order chi connectivity index (χ1) is 14.3. The van der Waals surface area contributed by atoms with E-state index in [1.54, 1.807) is 18.8 Å². The molecule has 0 atom stereocenters. The summed E-state index contributed by atoms with van der Waals surface area (Å²) in [5, 5.41) is 3.10. The van der Waals surface area contributed by atoms with Crippen LogP contribution < -0.4 is 4.90 Å². The Bertz CT molecular complexity index is 1410. The van der Waals surface area contributed by atoms with Gasteiger partial charge in [0.15, 0.2) is 0 Å². The van der Waals surface area contributed by atoms with E-state index in [9.17, 15) is 0 Å². The fourth-order valence-electron chi connectivity index (χ4n) is 3.97. The zero-order valence-electron chi connectivity index (χ0n) is 15.8. The molecule has 0 saturated carbocycles. The number of anilines is 3. The highest BCUT2D eigenvalue weighted by Gasteiger charge is 2.24. The second-order valence-electron chi connectivity index (χ2n) is 7.19. The third-order valence-corrected chi connectivity index (χ3v) is 5.35. The summed E-state index contributed by atoms with van der Waals surface area (Å²) >= 11 is 0. The van der Waals surface area contributed by atoms with Crippen LogP contribution in [0, 0.1) is 6.92 Å². The highest BCUT2D eigenvalue weighted by atomic mass is 16.3. The van der Waals surface area contributed by atoms with Gasteiger partial charge in [-0.3, -0.25) is 4.90 Å². The van der Waals surface area contributed by atoms with Gasteiger partial charge in [-0.1, -0.05) is 35.9 Å². The number of aryl methyl sites for hydroxylation is 1. The van der Waals surface area contributed by atoms with Crippen LogP contribution in [0.5, 0.6) is 0 Å². The molecule has 3 heterocycles. The number of furan rings is 3. The van der Waals surface area contributed by atoms with Crippen LogP contribution in [0.1, 0.15) is 5.56 Å². The van der Waals surface area contributed by atoms with Gasteiger partial charge >= 0.3 is 0 Å². The highest BCUT2D eigenvalue weighted by Crippen LogP contribution is 2.46. The zero-order valence-corrected chi connectivity index (χ0v) is 15.8. The van der Waals surface area contributed by atoms with Crippen molar-refractivity contribution in [2.75, 3.05) is 4.90 Å². The second-order valence-corrected chi connectivity index (χ2v) is 7.19. The van der Waals surface area contributed by atoms with Crippen molar-refractivity contribution in [2.45, 2.75) is 6.92 Å². The maximum absolute atomic E-state index is 5.90. The van der Waals surface area contributed by atoms with E-state index in [1.807, 2.05) is 42.5 Å². The third kappa shape index (κ3) is 2.39. The summed E-state index contributed by atoms with van der Waals surface area (Å²) in [6, 6.07) is 22.3. The minimum absolute atomic E-state index is 0.837. The van der Waals surface area contributed by atoms with Crippen molar-refractivity contribution in [1.29, 1.82) is 0 Å². The largest absolute Gasteiger partial charge is 0.462 e. The van der Waals surface area contributed by atoms with Crippen LogP contribution in [-0.2, 0) is 0 Å². The number of fused-ring (bicyclic) bond motifs is 3. The Labute approximate surface area is 166 Å². The molecule has 140 valence electrons. The van der Waals surface area contributed by atoms with Gasteiger partial charge in [-0.2, -0.15) is 0 Å². The Kier molecular flexibility index (Phi) is 3.35. The SMILES string of the molecule is Cc1ccc2occ(N(c3coc4ccccc34)c3coc4ccccc34)c2c1. The van der Waals surface area contributed by atoms with E-state index >= 15 is 0 Å². The van der Waals surface area contributed by atoms with E-state index in [1.165, 1.54) is 5.56 Å². The van der Waals surface area contributed by atoms with Gasteiger partial charge < -0.3 is 13.3 Å². The number of para-hydroxylation sites is 2. The molecule has 0 amide bonds. The summed E-state index contributed by atoms with van der Waals surface area (Å²) in [6.45, 7) is 2.08. The first-order valence-electron chi connectivity index (χ1n) is 9.50. The molecule has 6 rings (SSSR count). The number of benzene rings is 3. The molecule has 0 saturated heterocycles. The number of nitrogens with zero attached hydrogens (tertiary/aromatic N) is 1. The minimum atomic E-state index is 0.837. The molecule has 0 radical (unpaired) electrons. The molecule has 6 aromatic rings. The second kappa shape index (κ2) is 6.04. The van der Waals surface area contributed by atoms with E-state index in [0.29, 0.717) is 0 Å². The fourth-order valence-corrected chi connectivity index (χ4v) is 3.97. The first-order valence-corrected chi connectivity index (χ1v) is 9.50. The van der Waals surface area contributed by atoms with Crippen LogP contribution in [0.15, 0.2) is 98.8 Å². The average molecular weight is 379 g/mol.